The lowest BCUT2D eigenvalue weighted by molar-refractivity contribution is -0.165. The molecule has 28 heavy (non-hydrogen) atoms. The number of carboxylic acids is 1. The largest absolute Gasteiger partial charge is 0.480 e. The molecule has 150 valence electrons. The second-order valence-electron chi connectivity index (χ2n) is 6.95. The van der Waals surface area contributed by atoms with E-state index in [-0.39, 0.29) is 25.3 Å². The molecular weight excluding hydrogens is 360 g/mol. The monoisotopic (exact) mass is 386 g/mol. The summed E-state index contributed by atoms with van der Waals surface area (Å²) in [7, 11) is 0. The number of nitrogens with zero attached hydrogens (tertiary/aromatic N) is 3. The molecule has 1 aliphatic rings. The number of nitrogens with one attached hydrogen (secondary N) is 1. The average Bonchev–Trinajstić information content (AvgIpc) is 2.68. The van der Waals surface area contributed by atoms with Gasteiger partial charge >= 0.3 is 5.97 Å². The molecule has 0 spiro atoms. The van der Waals surface area contributed by atoms with Gasteiger partial charge in [-0.1, -0.05) is 44.2 Å². The molecule has 0 aromatic heterocycles. The van der Waals surface area contributed by atoms with E-state index in [1.807, 2.05) is 44.2 Å². The summed E-state index contributed by atoms with van der Waals surface area (Å²) in [5.74, 6) is -1.52. The van der Waals surface area contributed by atoms with Crippen LogP contribution < -0.4 is 5.32 Å². The summed E-state index contributed by atoms with van der Waals surface area (Å²) in [6.45, 7) is 4.07. The lowest BCUT2D eigenvalue weighted by Crippen LogP contribution is -2.59. The van der Waals surface area contributed by atoms with Crippen molar-refractivity contribution in [3.8, 4) is 0 Å². The van der Waals surface area contributed by atoms with Crippen molar-refractivity contribution in [2.24, 2.45) is 10.9 Å². The molecule has 0 unspecified atom stereocenters. The summed E-state index contributed by atoms with van der Waals surface area (Å²) in [5, 5.41) is 15.1. The fraction of sp³-hybridized carbons (Fsp3) is 0.400. The van der Waals surface area contributed by atoms with Crippen molar-refractivity contribution < 1.29 is 19.5 Å². The number of carbonyl (C=O) groups is 3. The third-order valence-electron chi connectivity index (χ3n) is 4.33. The molecule has 0 saturated carbocycles. The van der Waals surface area contributed by atoms with Gasteiger partial charge in [0.25, 0.3) is 5.91 Å². The van der Waals surface area contributed by atoms with Crippen LogP contribution >= 0.6 is 0 Å². The molecule has 1 aliphatic heterocycles. The number of hydrazine groups is 1. The van der Waals surface area contributed by atoms with E-state index in [2.05, 4.69) is 10.3 Å². The van der Waals surface area contributed by atoms with E-state index in [1.54, 1.807) is 12.4 Å². The molecule has 2 atom stereocenters. The van der Waals surface area contributed by atoms with E-state index < -0.39 is 24.0 Å². The Morgan fingerprint density at radius 2 is 2.04 bits per heavy atom. The number of hydrogen-bond donors (Lipinski definition) is 2. The highest BCUT2D eigenvalue weighted by atomic mass is 16.4. The van der Waals surface area contributed by atoms with Gasteiger partial charge in [0.15, 0.2) is 6.04 Å². The Labute approximate surface area is 164 Å². The van der Waals surface area contributed by atoms with E-state index >= 15 is 0 Å². The van der Waals surface area contributed by atoms with E-state index in [1.165, 1.54) is 16.2 Å². The first-order valence-electron chi connectivity index (χ1n) is 9.18. The minimum atomic E-state index is -1.09. The smallest absolute Gasteiger partial charge is 0.328 e. The molecule has 0 aliphatic carbocycles. The predicted octanol–water partition coefficient (Wildman–Crippen LogP) is 1.44. The maximum absolute atomic E-state index is 13.4. The van der Waals surface area contributed by atoms with E-state index in [9.17, 15) is 19.5 Å². The van der Waals surface area contributed by atoms with E-state index in [0.29, 0.717) is 6.41 Å². The fourth-order valence-electron chi connectivity index (χ4n) is 3.05. The molecule has 8 nitrogen and oxygen atoms in total. The van der Waals surface area contributed by atoms with Crippen LogP contribution in [0.5, 0.6) is 0 Å². The van der Waals surface area contributed by atoms with Gasteiger partial charge in [-0.05, 0) is 17.9 Å². The number of carboxylic acid groups (broad SMARTS) is 1. The van der Waals surface area contributed by atoms with Crippen molar-refractivity contribution in [2.75, 3.05) is 6.54 Å². The van der Waals surface area contributed by atoms with Crippen molar-refractivity contribution in [1.82, 2.24) is 15.3 Å². The van der Waals surface area contributed by atoms with Crippen LogP contribution in [0.3, 0.4) is 0 Å². The van der Waals surface area contributed by atoms with Gasteiger partial charge in [0, 0.05) is 25.0 Å². The molecule has 2 amide bonds. The van der Waals surface area contributed by atoms with Gasteiger partial charge in [-0.3, -0.25) is 19.6 Å². The summed E-state index contributed by atoms with van der Waals surface area (Å²) in [6.07, 6.45) is 5.66. The molecule has 0 fully saturated rings. The van der Waals surface area contributed by atoms with Crippen LogP contribution in [0.25, 0.3) is 0 Å². The number of hydrogen-bond acceptors (Lipinski definition) is 5. The van der Waals surface area contributed by atoms with Crippen LogP contribution in [-0.2, 0) is 20.8 Å². The molecule has 2 N–H and O–H groups in total. The van der Waals surface area contributed by atoms with Crippen molar-refractivity contribution in [1.29, 1.82) is 0 Å². The third-order valence-corrected chi connectivity index (χ3v) is 4.33. The molecule has 1 aromatic carbocycles. The maximum Gasteiger partial charge on any atom is 0.328 e. The Morgan fingerprint density at radius 1 is 1.32 bits per heavy atom. The third kappa shape index (κ3) is 5.67. The van der Waals surface area contributed by atoms with Gasteiger partial charge in [-0.15, -0.1) is 0 Å². The van der Waals surface area contributed by atoms with Crippen LogP contribution in [-0.4, -0.2) is 58.3 Å². The summed E-state index contributed by atoms with van der Waals surface area (Å²) >= 11 is 0. The highest BCUT2D eigenvalue weighted by Gasteiger charge is 2.37. The maximum atomic E-state index is 13.4. The predicted molar refractivity (Wildman–Crippen MR) is 105 cm³/mol. The lowest BCUT2D eigenvalue weighted by Gasteiger charge is -2.40. The molecule has 0 bridgehead atoms. The van der Waals surface area contributed by atoms with Crippen LogP contribution in [0, 0.1) is 5.92 Å². The Bertz CT molecular complexity index is 733. The molecule has 8 heteroatoms. The van der Waals surface area contributed by atoms with Crippen molar-refractivity contribution >= 4 is 24.5 Å². The number of rotatable bonds is 10. The first kappa shape index (κ1) is 21.1. The second kappa shape index (κ2) is 10.2. The van der Waals surface area contributed by atoms with Crippen molar-refractivity contribution in [3.63, 3.8) is 0 Å². The quantitative estimate of drug-likeness (QED) is 0.593. The van der Waals surface area contributed by atoms with Gasteiger partial charge in [-0.25, -0.2) is 9.80 Å². The van der Waals surface area contributed by atoms with Crippen LogP contribution in [0.1, 0.15) is 25.8 Å². The normalized spacial score (nSPS) is 15.2. The Hall–Kier alpha value is -3.16. The van der Waals surface area contributed by atoms with E-state index in [4.69, 9.17) is 0 Å². The number of benzene rings is 1. The Morgan fingerprint density at radius 3 is 2.57 bits per heavy atom. The van der Waals surface area contributed by atoms with Gasteiger partial charge in [0.1, 0.15) is 6.04 Å². The van der Waals surface area contributed by atoms with Crippen LogP contribution in [0.4, 0.5) is 0 Å². The minimum absolute atomic E-state index is 0.0606. The number of aliphatic imine (C=N–C) groups is 1. The Kier molecular flexibility index (Phi) is 7.74. The summed E-state index contributed by atoms with van der Waals surface area (Å²) in [5.41, 5.74) is 0.863. The second-order valence-corrected chi connectivity index (χ2v) is 6.95. The van der Waals surface area contributed by atoms with Crippen LogP contribution in [0.15, 0.2) is 47.7 Å². The fourth-order valence-corrected chi connectivity index (χ4v) is 3.05. The zero-order valence-corrected chi connectivity index (χ0v) is 16.1. The van der Waals surface area contributed by atoms with Gasteiger partial charge in [-0.2, -0.15) is 0 Å². The molecule has 1 heterocycles. The number of amides is 2. The highest BCUT2D eigenvalue weighted by molar-refractivity contribution is 5.88. The lowest BCUT2D eigenvalue weighted by atomic mass is 10.0. The molecule has 0 radical (unpaired) electrons. The summed E-state index contributed by atoms with van der Waals surface area (Å²) < 4.78 is 0. The first-order chi connectivity index (χ1) is 13.4. The number of aliphatic carboxylic acids is 1. The SMILES string of the molecule is CC(C)C[C@@H](C(=O)O)N(C(=O)[C@H](Cc1ccccc1)NC=O)N1C=CN=CC1. The topological polar surface area (TPSA) is 102 Å². The van der Waals surface area contributed by atoms with Gasteiger partial charge in [0.05, 0.1) is 6.54 Å². The zero-order chi connectivity index (χ0) is 20.5. The molecule has 2 rings (SSSR count). The summed E-state index contributed by atoms with van der Waals surface area (Å²) in [6, 6.07) is 7.31. The van der Waals surface area contributed by atoms with Crippen molar-refractivity contribution in [3.05, 3.63) is 48.3 Å². The van der Waals surface area contributed by atoms with Crippen molar-refractivity contribution in [2.45, 2.75) is 38.8 Å². The molecule has 1 aromatic rings. The van der Waals surface area contributed by atoms with Gasteiger partial charge < -0.3 is 10.4 Å². The Balaban J connectivity index is 2.35. The minimum Gasteiger partial charge on any atom is -0.480 e. The number of carbonyl (C=O) groups excluding carboxylic acids is 2. The molecule has 0 saturated heterocycles. The van der Waals surface area contributed by atoms with Gasteiger partial charge in [0.2, 0.25) is 6.41 Å². The highest BCUT2D eigenvalue weighted by Crippen LogP contribution is 2.19. The first-order valence-corrected chi connectivity index (χ1v) is 9.18. The summed E-state index contributed by atoms with van der Waals surface area (Å²) in [4.78, 5) is 40.5. The van der Waals surface area contributed by atoms with E-state index in [0.717, 1.165) is 5.56 Å². The molecular formula is C20H26N4O4. The van der Waals surface area contributed by atoms with Crippen LogP contribution in [0.2, 0.25) is 0 Å². The average molecular weight is 386 g/mol. The standard InChI is InChI=1S/C20H26N4O4/c1-15(2)12-18(20(27)28)24(23-10-8-21-9-11-23)19(26)17(22-14-25)13-16-6-4-3-5-7-16/h3-10,14-15,17-18H,11-13H2,1-2H3,(H,22,25)(H,27,28)/t17-,18-/m0/s1. The zero-order valence-electron chi connectivity index (χ0n) is 16.1.